The van der Waals surface area contributed by atoms with E-state index in [0.717, 1.165) is 25.0 Å². The van der Waals surface area contributed by atoms with Gasteiger partial charge in [0.15, 0.2) is 0 Å². The lowest BCUT2D eigenvalue weighted by Gasteiger charge is -2.11. The van der Waals surface area contributed by atoms with Gasteiger partial charge in [0.1, 0.15) is 5.75 Å². The Hall–Kier alpha value is -1.28. The first-order valence-electron chi connectivity index (χ1n) is 6.75. The minimum absolute atomic E-state index is 0.266. The summed E-state index contributed by atoms with van der Waals surface area (Å²) in [5, 5.41) is 0. The van der Waals surface area contributed by atoms with Gasteiger partial charge in [-0.05, 0) is 43.4 Å². The first kappa shape index (κ1) is 14.8. The molecular weight excluding hydrogens is 222 g/mol. The van der Waals surface area contributed by atoms with Crippen molar-refractivity contribution >= 4 is 0 Å². The van der Waals surface area contributed by atoms with E-state index in [1.54, 1.807) is 7.11 Å². The number of unbranched alkanes of at least 4 members (excludes halogenated alkanes) is 3. The fourth-order valence-corrected chi connectivity index (χ4v) is 2.04. The van der Waals surface area contributed by atoms with Crippen molar-refractivity contribution in [2.75, 3.05) is 7.11 Å². The Morgan fingerprint density at radius 2 is 1.94 bits per heavy atom. The molecule has 1 atom stereocenters. The van der Waals surface area contributed by atoms with Crippen molar-refractivity contribution in [3.63, 3.8) is 0 Å². The predicted molar refractivity (Wildman–Crippen MR) is 78.0 cm³/mol. The van der Waals surface area contributed by atoms with Crippen LogP contribution < -0.4 is 10.5 Å². The zero-order valence-corrected chi connectivity index (χ0v) is 11.4. The summed E-state index contributed by atoms with van der Waals surface area (Å²) >= 11 is 0. The monoisotopic (exact) mass is 247 g/mol. The summed E-state index contributed by atoms with van der Waals surface area (Å²) < 4.78 is 5.14. The Morgan fingerprint density at radius 1 is 1.22 bits per heavy atom. The molecular formula is C16H25NO. The van der Waals surface area contributed by atoms with E-state index in [2.05, 4.69) is 18.7 Å². The van der Waals surface area contributed by atoms with E-state index in [1.807, 2.05) is 18.2 Å². The third kappa shape index (κ3) is 5.87. The number of benzene rings is 1. The number of nitrogens with two attached hydrogens (primary N) is 1. The Labute approximate surface area is 111 Å². The summed E-state index contributed by atoms with van der Waals surface area (Å²) in [5.41, 5.74) is 7.43. The molecule has 0 aromatic heterocycles. The molecule has 1 aromatic carbocycles. The molecule has 2 nitrogen and oxygen atoms in total. The lowest BCUT2D eigenvalue weighted by Crippen LogP contribution is -2.22. The van der Waals surface area contributed by atoms with Crippen LogP contribution in [0.25, 0.3) is 0 Å². The van der Waals surface area contributed by atoms with Gasteiger partial charge in [-0.15, -0.1) is 6.58 Å². The standard InChI is InChI=1S/C16H25NO/c1-3-4-5-6-7-8-15(17)13-14-9-11-16(18-2)12-10-14/h3,9-12,15H,1,4-8,13,17H2,2H3. The normalized spacial score (nSPS) is 12.1. The molecule has 1 unspecified atom stereocenters. The first-order chi connectivity index (χ1) is 8.76. The van der Waals surface area contributed by atoms with Gasteiger partial charge in [-0.3, -0.25) is 0 Å². The average molecular weight is 247 g/mol. The van der Waals surface area contributed by atoms with E-state index in [1.165, 1.54) is 24.8 Å². The van der Waals surface area contributed by atoms with E-state index in [0.29, 0.717) is 0 Å². The molecule has 2 N–H and O–H groups in total. The maximum absolute atomic E-state index is 6.14. The molecule has 2 heteroatoms. The number of allylic oxidation sites excluding steroid dienone is 1. The molecule has 18 heavy (non-hydrogen) atoms. The molecule has 1 aromatic rings. The van der Waals surface area contributed by atoms with Gasteiger partial charge in [-0.1, -0.05) is 31.1 Å². The SMILES string of the molecule is C=CCCCCCC(N)Cc1ccc(OC)cc1. The Balaban J connectivity index is 2.22. The third-order valence-electron chi connectivity index (χ3n) is 3.14. The summed E-state index contributed by atoms with van der Waals surface area (Å²) in [6, 6.07) is 8.44. The van der Waals surface area contributed by atoms with Gasteiger partial charge in [0.25, 0.3) is 0 Å². The highest BCUT2D eigenvalue weighted by molar-refractivity contribution is 5.27. The Bertz CT molecular complexity index is 331. The predicted octanol–water partition coefficient (Wildman–Crippen LogP) is 3.70. The van der Waals surface area contributed by atoms with Crippen LogP contribution in [0.3, 0.4) is 0 Å². The zero-order chi connectivity index (χ0) is 13.2. The number of ether oxygens (including phenoxy) is 1. The smallest absolute Gasteiger partial charge is 0.118 e. The maximum atomic E-state index is 6.14. The van der Waals surface area contributed by atoms with Crippen molar-refractivity contribution in [1.82, 2.24) is 0 Å². The fraction of sp³-hybridized carbons (Fsp3) is 0.500. The zero-order valence-electron chi connectivity index (χ0n) is 11.4. The number of hydrogen-bond acceptors (Lipinski definition) is 2. The Morgan fingerprint density at radius 3 is 2.56 bits per heavy atom. The molecule has 0 amide bonds. The van der Waals surface area contributed by atoms with Crippen LogP contribution in [0.4, 0.5) is 0 Å². The maximum Gasteiger partial charge on any atom is 0.118 e. The summed E-state index contributed by atoms with van der Waals surface area (Å²) in [7, 11) is 1.68. The molecule has 0 heterocycles. The molecule has 0 radical (unpaired) electrons. The highest BCUT2D eigenvalue weighted by Crippen LogP contribution is 2.14. The van der Waals surface area contributed by atoms with E-state index in [-0.39, 0.29) is 6.04 Å². The minimum atomic E-state index is 0.266. The number of methoxy groups -OCH3 is 1. The van der Waals surface area contributed by atoms with Crippen LogP contribution in [0.2, 0.25) is 0 Å². The molecule has 0 saturated heterocycles. The molecule has 0 saturated carbocycles. The average Bonchev–Trinajstić information content (AvgIpc) is 2.39. The highest BCUT2D eigenvalue weighted by Gasteiger charge is 2.04. The van der Waals surface area contributed by atoms with E-state index in [4.69, 9.17) is 10.5 Å². The molecule has 0 aliphatic heterocycles. The lowest BCUT2D eigenvalue weighted by atomic mass is 10.0. The molecule has 0 bridgehead atoms. The van der Waals surface area contributed by atoms with Crippen LogP contribution in [0.1, 0.15) is 37.7 Å². The largest absolute Gasteiger partial charge is 0.497 e. The Kier molecular flexibility index (Phi) is 7.19. The molecule has 1 rings (SSSR count). The van der Waals surface area contributed by atoms with Gasteiger partial charge >= 0.3 is 0 Å². The van der Waals surface area contributed by atoms with Crippen LogP contribution in [-0.2, 0) is 6.42 Å². The van der Waals surface area contributed by atoms with Gasteiger partial charge in [-0.2, -0.15) is 0 Å². The first-order valence-corrected chi connectivity index (χ1v) is 6.75. The summed E-state index contributed by atoms with van der Waals surface area (Å²) in [6.45, 7) is 3.73. The van der Waals surface area contributed by atoms with Gasteiger partial charge in [0, 0.05) is 6.04 Å². The second-order valence-electron chi connectivity index (χ2n) is 4.74. The van der Waals surface area contributed by atoms with E-state index in [9.17, 15) is 0 Å². The van der Waals surface area contributed by atoms with Crippen molar-refractivity contribution in [1.29, 1.82) is 0 Å². The van der Waals surface area contributed by atoms with Crippen molar-refractivity contribution in [2.45, 2.75) is 44.6 Å². The van der Waals surface area contributed by atoms with Crippen LogP contribution in [0.5, 0.6) is 5.75 Å². The topological polar surface area (TPSA) is 35.2 Å². The quantitative estimate of drug-likeness (QED) is 0.533. The molecule has 0 aliphatic rings. The van der Waals surface area contributed by atoms with Crippen molar-refractivity contribution < 1.29 is 4.74 Å². The van der Waals surface area contributed by atoms with Gasteiger partial charge in [-0.25, -0.2) is 0 Å². The summed E-state index contributed by atoms with van der Waals surface area (Å²) in [5.74, 6) is 0.900. The second kappa shape index (κ2) is 8.76. The van der Waals surface area contributed by atoms with E-state index >= 15 is 0 Å². The minimum Gasteiger partial charge on any atom is -0.497 e. The van der Waals surface area contributed by atoms with Crippen molar-refractivity contribution in [2.24, 2.45) is 5.73 Å². The van der Waals surface area contributed by atoms with Gasteiger partial charge in [0.2, 0.25) is 0 Å². The van der Waals surface area contributed by atoms with Crippen LogP contribution >= 0.6 is 0 Å². The van der Waals surface area contributed by atoms with Gasteiger partial charge in [0.05, 0.1) is 7.11 Å². The summed E-state index contributed by atoms with van der Waals surface area (Å²) in [6.07, 6.45) is 8.85. The van der Waals surface area contributed by atoms with Crippen LogP contribution in [0.15, 0.2) is 36.9 Å². The molecule has 0 spiro atoms. The van der Waals surface area contributed by atoms with Crippen LogP contribution in [-0.4, -0.2) is 13.2 Å². The lowest BCUT2D eigenvalue weighted by molar-refractivity contribution is 0.414. The number of rotatable bonds is 9. The third-order valence-corrected chi connectivity index (χ3v) is 3.14. The van der Waals surface area contributed by atoms with Crippen LogP contribution in [0, 0.1) is 0 Å². The second-order valence-corrected chi connectivity index (χ2v) is 4.74. The van der Waals surface area contributed by atoms with Gasteiger partial charge < -0.3 is 10.5 Å². The highest BCUT2D eigenvalue weighted by atomic mass is 16.5. The molecule has 100 valence electrons. The number of hydrogen-bond donors (Lipinski definition) is 1. The summed E-state index contributed by atoms with van der Waals surface area (Å²) in [4.78, 5) is 0. The molecule has 0 fully saturated rings. The van der Waals surface area contributed by atoms with E-state index < -0.39 is 0 Å². The van der Waals surface area contributed by atoms with Crippen molar-refractivity contribution in [3.05, 3.63) is 42.5 Å². The van der Waals surface area contributed by atoms with Crippen molar-refractivity contribution in [3.8, 4) is 5.75 Å². The fourth-order valence-electron chi connectivity index (χ4n) is 2.04. The molecule has 0 aliphatic carbocycles.